The molecular weight excluding hydrogens is 274 g/mol. The molecule has 0 unspecified atom stereocenters. The second-order valence-electron chi connectivity index (χ2n) is 5.21. The molecule has 1 N–H and O–H groups in total. The number of aryl methyl sites for hydroxylation is 3. The van der Waals surface area contributed by atoms with E-state index in [2.05, 4.69) is 15.6 Å². The third-order valence-corrected chi connectivity index (χ3v) is 3.62. The molecule has 21 heavy (non-hydrogen) atoms. The zero-order valence-electron chi connectivity index (χ0n) is 12.0. The maximum atomic E-state index is 12.1. The van der Waals surface area contributed by atoms with Gasteiger partial charge in [0.25, 0.3) is 0 Å². The zero-order chi connectivity index (χ0) is 15.0. The van der Waals surface area contributed by atoms with E-state index in [9.17, 15) is 9.59 Å². The van der Waals surface area contributed by atoms with Gasteiger partial charge < -0.3 is 9.84 Å². The molecule has 0 aliphatic carbocycles. The third kappa shape index (κ3) is 2.48. The molecule has 0 saturated heterocycles. The fraction of sp³-hybridized carbons (Fsp3) is 0.538. The lowest BCUT2D eigenvalue weighted by atomic mass is 10.2. The molecule has 0 radical (unpaired) electrons. The smallest absolute Gasteiger partial charge is 0.346 e. The lowest BCUT2D eigenvalue weighted by Gasteiger charge is -2.09. The van der Waals surface area contributed by atoms with Crippen LogP contribution in [0.3, 0.4) is 0 Å². The maximum absolute atomic E-state index is 12.1. The minimum Gasteiger partial charge on any atom is -0.359 e. The van der Waals surface area contributed by atoms with E-state index in [1.165, 1.54) is 4.68 Å². The summed E-state index contributed by atoms with van der Waals surface area (Å²) in [5.41, 5.74) is 0.938. The molecule has 112 valence electrons. The molecule has 1 amide bonds. The number of aromatic nitrogens is 4. The molecule has 0 spiro atoms. The van der Waals surface area contributed by atoms with E-state index in [1.54, 1.807) is 18.4 Å². The Balaban J connectivity index is 1.76. The molecule has 8 heteroatoms. The summed E-state index contributed by atoms with van der Waals surface area (Å²) in [6, 6.07) is 0. The molecule has 0 fully saturated rings. The molecule has 2 aromatic rings. The maximum Gasteiger partial charge on any atom is 0.346 e. The Labute approximate surface area is 120 Å². The van der Waals surface area contributed by atoms with Gasteiger partial charge in [-0.05, 0) is 26.7 Å². The van der Waals surface area contributed by atoms with Gasteiger partial charge in [0.1, 0.15) is 23.8 Å². The van der Waals surface area contributed by atoms with Gasteiger partial charge in [0.2, 0.25) is 5.91 Å². The molecule has 3 heterocycles. The Bertz CT molecular complexity index is 720. The van der Waals surface area contributed by atoms with E-state index in [0.717, 1.165) is 25.1 Å². The molecule has 1 aliphatic rings. The largest absolute Gasteiger partial charge is 0.359 e. The van der Waals surface area contributed by atoms with Crippen molar-refractivity contribution in [2.45, 2.75) is 46.2 Å². The third-order valence-electron chi connectivity index (χ3n) is 3.62. The summed E-state index contributed by atoms with van der Waals surface area (Å²) in [4.78, 5) is 24.2. The summed E-state index contributed by atoms with van der Waals surface area (Å²) in [6.45, 7) is 4.03. The van der Waals surface area contributed by atoms with Crippen molar-refractivity contribution in [1.29, 1.82) is 0 Å². The number of rotatable bonds is 3. The average Bonchev–Trinajstić information content (AvgIpc) is 2.94. The van der Waals surface area contributed by atoms with Gasteiger partial charge in [-0.3, -0.25) is 9.36 Å². The van der Waals surface area contributed by atoms with E-state index in [-0.39, 0.29) is 18.1 Å². The van der Waals surface area contributed by atoms with E-state index in [1.807, 2.05) is 0 Å². The van der Waals surface area contributed by atoms with Gasteiger partial charge >= 0.3 is 5.69 Å². The van der Waals surface area contributed by atoms with Crippen molar-refractivity contribution in [2.75, 3.05) is 5.32 Å². The van der Waals surface area contributed by atoms with Crippen LogP contribution in [0.15, 0.2) is 9.32 Å². The number of hydrogen-bond acceptors (Lipinski definition) is 5. The van der Waals surface area contributed by atoms with Gasteiger partial charge in [0.05, 0.1) is 0 Å². The van der Waals surface area contributed by atoms with Crippen LogP contribution < -0.4 is 11.0 Å². The van der Waals surface area contributed by atoms with E-state index >= 15 is 0 Å². The first-order valence-electron chi connectivity index (χ1n) is 6.95. The predicted octanol–water partition coefficient (Wildman–Crippen LogP) is 0.625. The first-order chi connectivity index (χ1) is 10.1. The highest BCUT2D eigenvalue weighted by atomic mass is 16.5. The fourth-order valence-electron chi connectivity index (χ4n) is 2.53. The number of nitrogens with one attached hydrogen (secondary N) is 1. The standard InChI is InChI=1S/C13H17N5O3/c1-8-12(9(2)21-16-8)14-11(19)7-18-13(20)17-6-4-3-5-10(17)15-18/h3-7H2,1-2H3,(H,14,19). The predicted molar refractivity (Wildman–Crippen MR) is 74.0 cm³/mol. The van der Waals surface area contributed by atoms with Crippen LogP contribution in [0.1, 0.15) is 30.1 Å². The summed E-state index contributed by atoms with van der Waals surface area (Å²) < 4.78 is 7.85. The molecule has 2 aromatic heterocycles. The molecule has 3 rings (SSSR count). The second-order valence-corrected chi connectivity index (χ2v) is 5.21. The highest BCUT2D eigenvalue weighted by Crippen LogP contribution is 2.18. The highest BCUT2D eigenvalue weighted by Gasteiger charge is 2.19. The monoisotopic (exact) mass is 291 g/mol. The molecule has 0 bridgehead atoms. The number of anilines is 1. The first kappa shape index (κ1) is 13.6. The van der Waals surface area contributed by atoms with Crippen molar-refractivity contribution in [3.8, 4) is 0 Å². The van der Waals surface area contributed by atoms with Crippen molar-refractivity contribution < 1.29 is 9.32 Å². The summed E-state index contributed by atoms with van der Waals surface area (Å²) in [6.07, 6.45) is 2.79. The number of nitrogens with zero attached hydrogens (tertiary/aromatic N) is 4. The van der Waals surface area contributed by atoms with Crippen LogP contribution in [0.25, 0.3) is 0 Å². The van der Waals surface area contributed by atoms with Gasteiger partial charge in [-0.2, -0.15) is 5.10 Å². The van der Waals surface area contributed by atoms with Crippen molar-refractivity contribution in [1.82, 2.24) is 19.5 Å². The van der Waals surface area contributed by atoms with Gasteiger partial charge in [-0.15, -0.1) is 0 Å². The molecule has 0 saturated carbocycles. The van der Waals surface area contributed by atoms with Gasteiger partial charge in [-0.25, -0.2) is 9.48 Å². The van der Waals surface area contributed by atoms with Crippen LogP contribution >= 0.6 is 0 Å². The van der Waals surface area contributed by atoms with Crippen LogP contribution in [0, 0.1) is 13.8 Å². The van der Waals surface area contributed by atoms with E-state index in [0.29, 0.717) is 23.7 Å². The van der Waals surface area contributed by atoms with Crippen molar-refractivity contribution in [3.63, 3.8) is 0 Å². The molecule has 0 atom stereocenters. The Hall–Kier alpha value is -2.38. The number of amides is 1. The number of carbonyl (C=O) groups excluding carboxylic acids is 1. The van der Waals surface area contributed by atoms with Crippen LogP contribution in [-0.4, -0.2) is 25.4 Å². The van der Waals surface area contributed by atoms with Crippen LogP contribution in [0.5, 0.6) is 0 Å². The Morgan fingerprint density at radius 3 is 2.86 bits per heavy atom. The van der Waals surface area contributed by atoms with Gasteiger partial charge in [0, 0.05) is 13.0 Å². The van der Waals surface area contributed by atoms with Crippen LogP contribution in [0.2, 0.25) is 0 Å². The quantitative estimate of drug-likeness (QED) is 0.894. The summed E-state index contributed by atoms with van der Waals surface area (Å²) >= 11 is 0. The lowest BCUT2D eigenvalue weighted by Crippen LogP contribution is -2.31. The highest BCUT2D eigenvalue weighted by molar-refractivity contribution is 5.91. The van der Waals surface area contributed by atoms with Crippen LogP contribution in [0.4, 0.5) is 5.69 Å². The topological polar surface area (TPSA) is 94.9 Å². The van der Waals surface area contributed by atoms with Crippen molar-refractivity contribution >= 4 is 11.6 Å². The van der Waals surface area contributed by atoms with Crippen molar-refractivity contribution in [3.05, 3.63) is 27.8 Å². The fourth-order valence-corrected chi connectivity index (χ4v) is 2.53. The Kier molecular flexibility index (Phi) is 3.36. The Morgan fingerprint density at radius 2 is 2.19 bits per heavy atom. The molecule has 0 aromatic carbocycles. The number of hydrogen-bond donors (Lipinski definition) is 1. The second kappa shape index (κ2) is 5.19. The van der Waals surface area contributed by atoms with Crippen molar-refractivity contribution in [2.24, 2.45) is 0 Å². The minimum atomic E-state index is -0.318. The van der Waals surface area contributed by atoms with Crippen LogP contribution in [-0.2, 0) is 24.3 Å². The summed E-state index contributed by atoms with van der Waals surface area (Å²) in [7, 11) is 0. The minimum absolute atomic E-state index is 0.108. The molecule has 1 aliphatic heterocycles. The Morgan fingerprint density at radius 1 is 1.38 bits per heavy atom. The normalized spacial score (nSPS) is 14.0. The SMILES string of the molecule is Cc1noc(C)c1NC(=O)Cn1nc2n(c1=O)CCCC2. The summed E-state index contributed by atoms with van der Waals surface area (Å²) in [5.74, 6) is 0.982. The number of fused-ring (bicyclic) bond motifs is 1. The first-order valence-corrected chi connectivity index (χ1v) is 6.95. The molecular formula is C13H17N5O3. The summed E-state index contributed by atoms with van der Waals surface area (Å²) in [5, 5.41) is 10.7. The van der Waals surface area contributed by atoms with E-state index in [4.69, 9.17) is 4.52 Å². The average molecular weight is 291 g/mol. The lowest BCUT2D eigenvalue weighted by molar-refractivity contribution is -0.117. The number of carbonyl (C=O) groups is 1. The molecule has 8 nitrogen and oxygen atoms in total. The van der Waals surface area contributed by atoms with E-state index < -0.39 is 0 Å². The van der Waals surface area contributed by atoms with Gasteiger partial charge in [0.15, 0.2) is 5.76 Å². The van der Waals surface area contributed by atoms with Gasteiger partial charge in [-0.1, -0.05) is 5.16 Å². The zero-order valence-corrected chi connectivity index (χ0v) is 12.0.